The molecule has 0 aromatic heterocycles. The van der Waals surface area contributed by atoms with Gasteiger partial charge in [0.05, 0.1) is 5.56 Å². The molecule has 1 fully saturated rings. The van der Waals surface area contributed by atoms with Crippen LogP contribution in [0.3, 0.4) is 0 Å². The molecule has 1 aliphatic rings. The number of benzene rings is 1. The normalized spacial score (nSPS) is 16.6. The minimum absolute atomic E-state index is 0.278. The predicted octanol–water partition coefficient (Wildman–Crippen LogP) is 1.93. The highest BCUT2D eigenvalue weighted by Gasteiger charge is 2.28. The van der Waals surface area contributed by atoms with Gasteiger partial charge < -0.3 is 14.4 Å². The minimum Gasteiger partial charge on any atom is -0.478 e. The van der Waals surface area contributed by atoms with Crippen molar-refractivity contribution >= 4 is 18.6 Å². The van der Waals surface area contributed by atoms with Gasteiger partial charge in [-0.3, -0.25) is 0 Å². The molecule has 1 heterocycles. The first-order valence-electron chi connectivity index (χ1n) is 6.77. The van der Waals surface area contributed by atoms with Gasteiger partial charge in [-0.15, -0.1) is 0 Å². The Labute approximate surface area is 113 Å². The third-order valence-corrected chi connectivity index (χ3v) is 3.36. The van der Waals surface area contributed by atoms with E-state index in [4.69, 9.17) is 14.4 Å². The van der Waals surface area contributed by atoms with Crippen LogP contribution in [0, 0.1) is 5.92 Å². The van der Waals surface area contributed by atoms with E-state index in [1.54, 1.807) is 24.3 Å². The van der Waals surface area contributed by atoms with Gasteiger partial charge in [0, 0.05) is 19.1 Å². The summed E-state index contributed by atoms with van der Waals surface area (Å²) in [5, 5.41) is 8.84. The summed E-state index contributed by atoms with van der Waals surface area (Å²) in [5.41, 5.74) is 1.15. The van der Waals surface area contributed by atoms with E-state index in [9.17, 15) is 4.79 Å². The van der Waals surface area contributed by atoms with Crippen molar-refractivity contribution in [2.75, 3.05) is 13.2 Å². The summed E-state index contributed by atoms with van der Waals surface area (Å²) in [6, 6.07) is 6.65. The molecule has 0 aliphatic carbocycles. The van der Waals surface area contributed by atoms with Gasteiger partial charge in [0.1, 0.15) is 0 Å². The fourth-order valence-electron chi connectivity index (χ4n) is 2.18. The van der Waals surface area contributed by atoms with Crippen molar-refractivity contribution < 1.29 is 19.2 Å². The molecular weight excluding hydrogens is 243 g/mol. The maximum Gasteiger partial charge on any atom is 0.493 e. The number of carbonyl (C=O) groups is 1. The van der Waals surface area contributed by atoms with Crippen molar-refractivity contribution in [2.45, 2.75) is 26.2 Å². The Bertz CT molecular complexity index is 410. The highest BCUT2D eigenvalue weighted by molar-refractivity contribution is 6.61. The molecule has 1 aliphatic heterocycles. The van der Waals surface area contributed by atoms with Crippen molar-refractivity contribution in [2.24, 2.45) is 5.92 Å². The number of carboxylic acids is 1. The van der Waals surface area contributed by atoms with Gasteiger partial charge >= 0.3 is 13.1 Å². The van der Waals surface area contributed by atoms with E-state index in [1.807, 2.05) is 0 Å². The van der Waals surface area contributed by atoms with E-state index >= 15 is 0 Å². The van der Waals surface area contributed by atoms with E-state index < -0.39 is 5.97 Å². The van der Waals surface area contributed by atoms with Crippen LogP contribution in [0.15, 0.2) is 24.3 Å². The van der Waals surface area contributed by atoms with Crippen LogP contribution in [-0.4, -0.2) is 31.4 Å². The number of hydrogen-bond acceptors (Lipinski definition) is 3. The summed E-state index contributed by atoms with van der Waals surface area (Å²) >= 11 is 0. The quantitative estimate of drug-likeness (QED) is 0.824. The molecule has 5 heteroatoms. The minimum atomic E-state index is -0.920. The third kappa shape index (κ3) is 3.82. The van der Waals surface area contributed by atoms with Gasteiger partial charge in [0.2, 0.25) is 0 Å². The van der Waals surface area contributed by atoms with Gasteiger partial charge in [-0.1, -0.05) is 31.9 Å². The number of carboxylic acid groups (broad SMARTS) is 1. The lowest BCUT2D eigenvalue weighted by atomic mass is 9.77. The van der Waals surface area contributed by atoms with E-state index in [2.05, 4.69) is 6.92 Å². The van der Waals surface area contributed by atoms with Gasteiger partial charge in [-0.2, -0.15) is 0 Å². The van der Waals surface area contributed by atoms with Crippen molar-refractivity contribution in [1.29, 1.82) is 0 Å². The maximum absolute atomic E-state index is 10.8. The number of hydrogen-bond donors (Lipinski definition) is 1. The average molecular weight is 262 g/mol. The van der Waals surface area contributed by atoms with Crippen molar-refractivity contribution in [1.82, 2.24) is 0 Å². The van der Waals surface area contributed by atoms with E-state index in [0.29, 0.717) is 19.1 Å². The fourth-order valence-corrected chi connectivity index (χ4v) is 2.18. The van der Waals surface area contributed by atoms with Gasteiger partial charge in [-0.05, 0) is 24.0 Å². The lowest BCUT2D eigenvalue weighted by molar-refractivity contribution is 0.0696. The van der Waals surface area contributed by atoms with Crippen LogP contribution in [0.1, 0.15) is 36.5 Å². The molecule has 102 valence electrons. The molecule has 0 amide bonds. The molecule has 0 saturated carbocycles. The largest absolute Gasteiger partial charge is 0.493 e. The van der Waals surface area contributed by atoms with Crippen LogP contribution in [0.2, 0.25) is 0 Å². The molecular formula is C14H19BO4. The first kappa shape index (κ1) is 14.1. The second-order valence-corrected chi connectivity index (χ2v) is 4.93. The zero-order valence-corrected chi connectivity index (χ0v) is 11.2. The summed E-state index contributed by atoms with van der Waals surface area (Å²) in [7, 11) is -0.360. The highest BCUT2D eigenvalue weighted by atomic mass is 16.6. The Morgan fingerprint density at radius 3 is 2.47 bits per heavy atom. The summed E-state index contributed by atoms with van der Waals surface area (Å²) in [5.74, 6) is -0.439. The van der Waals surface area contributed by atoms with Crippen LogP contribution >= 0.6 is 0 Å². The molecule has 0 bridgehead atoms. The Morgan fingerprint density at radius 1 is 1.32 bits per heavy atom. The number of rotatable bonds is 5. The Morgan fingerprint density at radius 2 is 1.95 bits per heavy atom. The number of unbranched alkanes of at least 4 members (excludes halogenated alkanes) is 1. The fraction of sp³-hybridized carbons (Fsp3) is 0.500. The van der Waals surface area contributed by atoms with Crippen molar-refractivity contribution in [3.05, 3.63) is 29.8 Å². The predicted molar refractivity (Wildman–Crippen MR) is 73.7 cm³/mol. The molecule has 0 spiro atoms. The Hall–Kier alpha value is -1.33. The summed E-state index contributed by atoms with van der Waals surface area (Å²) in [6.07, 6.45) is 3.53. The molecule has 0 radical (unpaired) electrons. The van der Waals surface area contributed by atoms with Crippen LogP contribution in [0.5, 0.6) is 0 Å². The third-order valence-electron chi connectivity index (χ3n) is 3.36. The van der Waals surface area contributed by atoms with Crippen LogP contribution in [0.4, 0.5) is 0 Å². The Kier molecular flexibility index (Phi) is 4.99. The topological polar surface area (TPSA) is 55.8 Å². The standard InChI is InChI=1S/C14H19BO4/c1-2-3-4-11-9-18-15(19-10-11)13-7-5-12(6-8-13)14(16)17/h5-8,11H,2-4,9-10H2,1H3,(H,16,17). The molecule has 1 saturated heterocycles. The first-order chi connectivity index (χ1) is 9.20. The van der Waals surface area contributed by atoms with Gasteiger partial charge in [0.25, 0.3) is 0 Å². The van der Waals surface area contributed by atoms with Crippen LogP contribution in [-0.2, 0) is 9.31 Å². The van der Waals surface area contributed by atoms with E-state index in [1.165, 1.54) is 12.8 Å². The van der Waals surface area contributed by atoms with Crippen LogP contribution in [0.25, 0.3) is 0 Å². The smallest absolute Gasteiger partial charge is 0.478 e. The molecule has 1 N–H and O–H groups in total. The van der Waals surface area contributed by atoms with Gasteiger partial charge in [0.15, 0.2) is 0 Å². The van der Waals surface area contributed by atoms with E-state index in [0.717, 1.165) is 11.9 Å². The maximum atomic E-state index is 10.8. The molecule has 0 unspecified atom stereocenters. The molecule has 0 atom stereocenters. The van der Waals surface area contributed by atoms with Crippen LogP contribution < -0.4 is 5.46 Å². The molecule has 19 heavy (non-hydrogen) atoms. The lowest BCUT2D eigenvalue weighted by Crippen LogP contribution is -2.44. The Balaban J connectivity index is 1.88. The second kappa shape index (κ2) is 6.73. The molecule has 4 nitrogen and oxygen atoms in total. The number of aromatic carboxylic acids is 1. The highest BCUT2D eigenvalue weighted by Crippen LogP contribution is 2.15. The molecule has 1 aromatic carbocycles. The van der Waals surface area contributed by atoms with Crippen molar-refractivity contribution in [3.8, 4) is 0 Å². The first-order valence-corrected chi connectivity index (χ1v) is 6.77. The summed E-state index contributed by atoms with van der Waals surface area (Å²) < 4.78 is 11.4. The summed E-state index contributed by atoms with van der Waals surface area (Å²) in [4.78, 5) is 10.8. The van der Waals surface area contributed by atoms with E-state index in [-0.39, 0.29) is 12.7 Å². The monoisotopic (exact) mass is 262 g/mol. The average Bonchev–Trinajstić information content (AvgIpc) is 2.46. The zero-order chi connectivity index (χ0) is 13.7. The van der Waals surface area contributed by atoms with Crippen molar-refractivity contribution in [3.63, 3.8) is 0 Å². The van der Waals surface area contributed by atoms with Gasteiger partial charge in [-0.25, -0.2) is 4.79 Å². The molecule has 1 aromatic rings. The summed E-state index contributed by atoms with van der Waals surface area (Å²) in [6.45, 7) is 3.61. The lowest BCUT2D eigenvalue weighted by Gasteiger charge is -2.27. The zero-order valence-electron chi connectivity index (χ0n) is 11.2. The SMILES string of the molecule is CCCCC1COB(c2ccc(C(=O)O)cc2)OC1. The second-order valence-electron chi connectivity index (χ2n) is 4.93. The molecule has 2 rings (SSSR count).